The maximum atomic E-state index is 15.8. The van der Waals surface area contributed by atoms with Crippen LogP contribution in [-0.4, -0.2) is 101 Å². The zero-order valence-electron chi connectivity index (χ0n) is 46.2. The maximum absolute atomic E-state index is 15.8. The number of hydrogen-bond acceptors (Lipinski definition) is 12. The maximum Gasteiger partial charge on any atom is 0.416 e. The van der Waals surface area contributed by atoms with E-state index in [1.165, 1.54) is 23.9 Å². The molecule has 16 nitrogen and oxygen atoms in total. The Labute approximate surface area is 485 Å². The number of aliphatic hydroxyl groups is 1. The van der Waals surface area contributed by atoms with Gasteiger partial charge in [0.1, 0.15) is 15.5 Å². The normalized spacial score (nSPS) is 20.9. The lowest BCUT2D eigenvalue weighted by atomic mass is 9.77. The molecule has 9 aromatic rings. The van der Waals surface area contributed by atoms with Gasteiger partial charge in [-0.25, -0.2) is 8.42 Å². The van der Waals surface area contributed by atoms with E-state index < -0.39 is 50.9 Å². The van der Waals surface area contributed by atoms with Crippen LogP contribution in [0.4, 0.5) is 43.4 Å². The summed E-state index contributed by atoms with van der Waals surface area (Å²) in [6.07, 6.45) is 0.439. The van der Waals surface area contributed by atoms with Crippen LogP contribution in [0.25, 0.3) is 56.8 Å². The summed E-state index contributed by atoms with van der Waals surface area (Å²) in [5.74, 6) is 0.261. The Kier molecular flexibility index (Phi) is 15.1. The summed E-state index contributed by atoms with van der Waals surface area (Å²) in [5, 5.41) is 43.8. The SMILES string of the molecule is COC1CCC(Nc2ccc3nnc(-c4cccc(Cl)c4)n3c2)CC1c1ccc(-c2nn(-c3cc(-c4nnc5ccc(NC6CCC(C(C)(C)O)CC6)cn45)cc(C(F)(F)F)c3)c3ccc(NCC4CCS(=O)(=O)CC4)c[n+]23)cc1C(F)(F)F. The first-order valence-corrected chi connectivity index (χ1v) is 30.3. The van der Waals surface area contributed by atoms with Crippen molar-refractivity contribution in [1.82, 2.24) is 39.0 Å². The lowest BCUT2D eigenvalue weighted by Gasteiger charge is -2.37. The summed E-state index contributed by atoms with van der Waals surface area (Å²) < 4.78 is 130. The van der Waals surface area contributed by atoms with E-state index in [1.807, 2.05) is 54.8 Å². The third-order valence-corrected chi connectivity index (χ3v) is 19.0. The quantitative estimate of drug-likeness (QED) is 0.0598. The number of methoxy groups -OCH3 is 1. The fourth-order valence-electron chi connectivity index (χ4n) is 12.5. The fourth-order valence-corrected chi connectivity index (χ4v) is 14.3. The van der Waals surface area contributed by atoms with E-state index in [9.17, 15) is 13.5 Å². The summed E-state index contributed by atoms with van der Waals surface area (Å²) in [4.78, 5) is 0. The third kappa shape index (κ3) is 11.9. The third-order valence-electron chi connectivity index (χ3n) is 17.0. The van der Waals surface area contributed by atoms with Crippen LogP contribution in [-0.2, 0) is 26.9 Å². The molecule has 3 aromatic carbocycles. The first-order chi connectivity index (χ1) is 40.0. The van der Waals surface area contributed by atoms with Crippen molar-refractivity contribution >= 4 is 55.4 Å². The molecule has 1 aliphatic heterocycles. The number of rotatable bonds is 14. The van der Waals surface area contributed by atoms with Gasteiger partial charge in [0, 0.05) is 66.3 Å². The minimum absolute atomic E-state index is 0.00153. The fraction of sp³-hybridized carbons (Fsp3) is 0.400. The van der Waals surface area contributed by atoms with Crippen molar-refractivity contribution < 1.29 is 49.0 Å². The molecule has 3 fully saturated rings. The topological polar surface area (TPSA) is 182 Å². The van der Waals surface area contributed by atoms with E-state index in [0.29, 0.717) is 71.4 Å². The number of benzene rings is 3. The molecular formula is C60H62ClF6N12O4S+. The van der Waals surface area contributed by atoms with Crippen molar-refractivity contribution in [3.05, 3.63) is 137 Å². The number of nitrogens with one attached hydrogen (secondary N) is 3. The van der Waals surface area contributed by atoms with Crippen LogP contribution in [0.5, 0.6) is 0 Å². The average Bonchev–Trinajstić information content (AvgIpc) is 2.05. The molecule has 2 aliphatic carbocycles. The minimum Gasteiger partial charge on any atom is -0.390 e. The summed E-state index contributed by atoms with van der Waals surface area (Å²) in [7, 11) is -1.64. The van der Waals surface area contributed by atoms with Gasteiger partial charge >= 0.3 is 18.2 Å². The second kappa shape index (κ2) is 22.3. The molecule has 1 saturated heterocycles. The molecule has 24 heteroatoms. The van der Waals surface area contributed by atoms with Gasteiger partial charge in [0.2, 0.25) is 0 Å². The number of fused-ring (bicyclic) bond motifs is 3. The van der Waals surface area contributed by atoms with Crippen LogP contribution in [0, 0.1) is 11.8 Å². The molecule has 0 radical (unpaired) electrons. The van der Waals surface area contributed by atoms with Gasteiger partial charge in [0.15, 0.2) is 22.9 Å². The first-order valence-electron chi connectivity index (χ1n) is 28.1. The standard InChI is InChI=1S/C60H62ClF6N12O4S/c1-58(2,80)39-8-10-42(11-9-39)69-45-13-18-53-72-74-56(77(53)33-45)38-25-40(59(62,63)64)29-47(27-38)79-54-20-15-44(68-31-35-21-23-84(81,82)24-22-35)32-78(54)57(75-79)37-7-16-48(50(28-37)60(65,66)67)49-30-43(12-17-51(49)83-3)70-46-14-19-52-71-73-55(76(52)34-46)36-5-4-6-41(61)26-36/h4-7,13-16,18-20,25-29,32-35,39,42-43,49,51,68-70,80H,8-12,17,21-24,30-31H2,1-3H3/q+1. The van der Waals surface area contributed by atoms with Gasteiger partial charge in [-0.15, -0.1) is 20.4 Å². The van der Waals surface area contributed by atoms with Gasteiger partial charge in [0.05, 0.1) is 68.3 Å². The molecule has 3 aliphatic rings. The lowest BCUT2D eigenvalue weighted by Crippen LogP contribution is -2.37. The van der Waals surface area contributed by atoms with Crippen LogP contribution in [0.2, 0.25) is 5.02 Å². The molecule has 7 heterocycles. The highest BCUT2D eigenvalue weighted by atomic mass is 35.5. The number of pyridine rings is 3. The van der Waals surface area contributed by atoms with Crippen molar-refractivity contribution in [1.29, 1.82) is 0 Å². The number of sulfone groups is 1. The van der Waals surface area contributed by atoms with E-state index in [4.69, 9.17) is 21.4 Å². The molecule has 0 bridgehead atoms. The zero-order valence-corrected chi connectivity index (χ0v) is 47.7. The number of ether oxygens (including phenoxy) is 1. The van der Waals surface area contributed by atoms with Gasteiger partial charge in [0.25, 0.3) is 5.65 Å². The Balaban J connectivity index is 0.907. The van der Waals surface area contributed by atoms with Gasteiger partial charge < -0.3 is 25.8 Å². The van der Waals surface area contributed by atoms with Crippen LogP contribution < -0.4 is 20.4 Å². The molecule has 0 spiro atoms. The van der Waals surface area contributed by atoms with Crippen LogP contribution >= 0.6 is 11.6 Å². The van der Waals surface area contributed by atoms with Crippen molar-refractivity contribution in [2.45, 2.75) is 114 Å². The van der Waals surface area contributed by atoms with Crippen molar-refractivity contribution in [3.63, 3.8) is 0 Å². The lowest BCUT2D eigenvalue weighted by molar-refractivity contribution is -0.499. The van der Waals surface area contributed by atoms with Crippen LogP contribution in [0.15, 0.2) is 116 Å². The average molecular weight is 1200 g/mol. The van der Waals surface area contributed by atoms with Crippen molar-refractivity contribution in [3.8, 4) is 39.9 Å². The van der Waals surface area contributed by atoms with E-state index in [0.717, 1.165) is 49.4 Å². The summed E-state index contributed by atoms with van der Waals surface area (Å²) in [6, 6.07) is 25.1. The van der Waals surface area contributed by atoms with E-state index >= 15 is 26.3 Å². The van der Waals surface area contributed by atoms with E-state index in [1.54, 1.807) is 57.6 Å². The van der Waals surface area contributed by atoms with Gasteiger partial charge in [-0.1, -0.05) is 34.5 Å². The number of nitrogens with zero attached hydrogens (tertiary/aromatic N) is 9. The molecule has 12 rings (SSSR count). The zero-order chi connectivity index (χ0) is 58.9. The molecule has 3 unspecified atom stereocenters. The van der Waals surface area contributed by atoms with E-state index in [2.05, 4.69) is 36.3 Å². The highest BCUT2D eigenvalue weighted by Gasteiger charge is 2.42. The number of anilines is 3. The predicted octanol–water partition coefficient (Wildman–Crippen LogP) is 12.1. The monoisotopic (exact) mass is 1200 g/mol. The second-order valence-corrected chi connectivity index (χ2v) is 25.9. The first kappa shape index (κ1) is 57.1. The number of alkyl halides is 6. The van der Waals surface area contributed by atoms with Gasteiger partial charge in [-0.2, -0.15) is 30.7 Å². The number of aromatic nitrogens is 9. The van der Waals surface area contributed by atoms with E-state index in [-0.39, 0.29) is 81.5 Å². The molecule has 3 atom stereocenters. The Morgan fingerprint density at radius 2 is 1.36 bits per heavy atom. The molecule has 84 heavy (non-hydrogen) atoms. The molecule has 440 valence electrons. The highest BCUT2D eigenvalue weighted by Crippen LogP contribution is 2.44. The summed E-state index contributed by atoms with van der Waals surface area (Å²) >= 11 is 6.30. The Bertz CT molecular complexity index is 4030. The van der Waals surface area contributed by atoms with Crippen LogP contribution in [0.1, 0.15) is 94.2 Å². The largest absolute Gasteiger partial charge is 0.416 e. The summed E-state index contributed by atoms with van der Waals surface area (Å²) in [6.45, 7) is 4.05. The smallest absolute Gasteiger partial charge is 0.390 e. The predicted molar refractivity (Wildman–Crippen MR) is 308 cm³/mol. The molecule has 6 aromatic heterocycles. The van der Waals surface area contributed by atoms with Crippen molar-refractivity contribution in [2.75, 3.05) is 41.1 Å². The molecular weight excluding hydrogens is 1130 g/mol. The highest BCUT2D eigenvalue weighted by molar-refractivity contribution is 7.91. The number of hydrogen-bond donors (Lipinski definition) is 4. The second-order valence-electron chi connectivity index (χ2n) is 23.2. The number of halogens is 7. The Hall–Kier alpha value is -7.34. The minimum atomic E-state index is -4.87. The Morgan fingerprint density at radius 1 is 0.702 bits per heavy atom. The molecule has 2 saturated carbocycles. The van der Waals surface area contributed by atoms with Gasteiger partial charge in [-0.05, 0) is 162 Å². The summed E-state index contributed by atoms with van der Waals surface area (Å²) in [5.41, 5.74) is 1.22. The molecule has 4 N–H and O–H groups in total. The molecule has 0 amide bonds. The Morgan fingerprint density at radius 3 is 2.00 bits per heavy atom. The van der Waals surface area contributed by atoms with Crippen LogP contribution in [0.3, 0.4) is 0 Å². The van der Waals surface area contributed by atoms with Gasteiger partial charge in [-0.3, -0.25) is 8.80 Å². The van der Waals surface area contributed by atoms with Crippen molar-refractivity contribution in [2.24, 2.45) is 11.8 Å².